The summed E-state index contributed by atoms with van der Waals surface area (Å²) in [5, 5.41) is 9.98. The first-order valence-electron chi connectivity index (χ1n) is 12.0. The minimum atomic E-state index is -0.234. The van der Waals surface area contributed by atoms with Crippen LogP contribution in [0.1, 0.15) is 84.3 Å². The predicted octanol–water partition coefficient (Wildman–Crippen LogP) is 6.80. The molecular weight excluding hydrogens is 384 g/mol. The SMILES string of the molecule is Cc1cc(O)cc2c1OC(C)(CC1=CC3(C)CCCC3(C)C3(C=CC(C)(C)O3)C1)CC2. The Morgan fingerprint density at radius 1 is 1.00 bits per heavy atom. The Kier molecular flexibility index (Phi) is 4.36. The van der Waals surface area contributed by atoms with Crippen LogP contribution in [-0.2, 0) is 11.2 Å². The van der Waals surface area contributed by atoms with Crippen molar-refractivity contribution in [1.82, 2.24) is 0 Å². The van der Waals surface area contributed by atoms with Crippen molar-refractivity contribution in [3.05, 3.63) is 47.1 Å². The molecule has 1 N–H and O–H groups in total. The van der Waals surface area contributed by atoms with Crippen molar-refractivity contribution in [3.63, 3.8) is 0 Å². The van der Waals surface area contributed by atoms with E-state index in [-0.39, 0.29) is 27.6 Å². The summed E-state index contributed by atoms with van der Waals surface area (Å²) in [7, 11) is 0. The van der Waals surface area contributed by atoms with Gasteiger partial charge in [-0.05, 0) is 82.1 Å². The summed E-state index contributed by atoms with van der Waals surface area (Å²) in [6.45, 7) is 13.6. The zero-order valence-corrected chi connectivity index (χ0v) is 20.1. The molecule has 5 rings (SSSR count). The topological polar surface area (TPSA) is 38.7 Å². The molecule has 1 spiro atoms. The van der Waals surface area contributed by atoms with Crippen molar-refractivity contribution in [1.29, 1.82) is 0 Å². The smallest absolute Gasteiger partial charge is 0.126 e. The second-order valence-electron chi connectivity index (χ2n) is 12.0. The lowest BCUT2D eigenvalue weighted by Gasteiger charge is -2.56. The maximum absolute atomic E-state index is 9.98. The Morgan fingerprint density at radius 2 is 1.77 bits per heavy atom. The number of hydrogen-bond donors (Lipinski definition) is 1. The molecule has 4 aliphatic rings. The van der Waals surface area contributed by atoms with E-state index in [1.54, 1.807) is 0 Å². The third-order valence-corrected chi connectivity index (χ3v) is 8.99. The summed E-state index contributed by atoms with van der Waals surface area (Å²) in [5.41, 5.74) is 3.24. The summed E-state index contributed by atoms with van der Waals surface area (Å²) >= 11 is 0. The molecule has 0 amide bonds. The molecule has 0 saturated heterocycles. The lowest BCUT2D eigenvalue weighted by Crippen LogP contribution is -2.56. The zero-order chi connectivity index (χ0) is 22.3. The fourth-order valence-electron chi connectivity index (χ4n) is 7.17. The summed E-state index contributed by atoms with van der Waals surface area (Å²) in [6, 6.07) is 3.67. The van der Waals surface area contributed by atoms with Crippen molar-refractivity contribution in [2.45, 2.75) is 103 Å². The van der Waals surface area contributed by atoms with Gasteiger partial charge in [0.05, 0.1) is 11.2 Å². The molecule has 0 radical (unpaired) electrons. The largest absolute Gasteiger partial charge is 0.508 e. The molecule has 168 valence electrons. The third-order valence-electron chi connectivity index (χ3n) is 8.99. The predicted molar refractivity (Wildman–Crippen MR) is 125 cm³/mol. The van der Waals surface area contributed by atoms with Crippen LogP contribution >= 0.6 is 0 Å². The van der Waals surface area contributed by atoms with Gasteiger partial charge in [-0.2, -0.15) is 0 Å². The average Bonchev–Trinajstić information content (AvgIpc) is 3.13. The number of fused-ring (bicyclic) bond motifs is 3. The number of allylic oxidation sites excluding steroid dienone is 1. The van der Waals surface area contributed by atoms with Crippen LogP contribution in [0.3, 0.4) is 0 Å². The van der Waals surface area contributed by atoms with Gasteiger partial charge in [-0.3, -0.25) is 0 Å². The second kappa shape index (κ2) is 6.41. The van der Waals surface area contributed by atoms with E-state index >= 15 is 0 Å². The highest BCUT2D eigenvalue weighted by Crippen LogP contribution is 2.67. The average molecular weight is 423 g/mol. The van der Waals surface area contributed by atoms with E-state index in [2.05, 4.69) is 52.8 Å². The summed E-state index contributed by atoms with van der Waals surface area (Å²) in [4.78, 5) is 0. The monoisotopic (exact) mass is 422 g/mol. The van der Waals surface area contributed by atoms with Crippen molar-refractivity contribution >= 4 is 0 Å². The van der Waals surface area contributed by atoms with Crippen LogP contribution in [0.2, 0.25) is 0 Å². The number of ether oxygens (including phenoxy) is 2. The van der Waals surface area contributed by atoms with Crippen molar-refractivity contribution in [2.75, 3.05) is 0 Å². The molecule has 2 heterocycles. The molecule has 1 saturated carbocycles. The van der Waals surface area contributed by atoms with Gasteiger partial charge in [0.15, 0.2) is 0 Å². The number of benzene rings is 1. The third kappa shape index (κ3) is 3.10. The second-order valence-corrected chi connectivity index (χ2v) is 12.0. The molecule has 0 bridgehead atoms. The minimum Gasteiger partial charge on any atom is -0.508 e. The molecule has 1 aromatic rings. The molecule has 4 atom stereocenters. The molecule has 31 heavy (non-hydrogen) atoms. The minimum absolute atomic E-state index is 0.128. The van der Waals surface area contributed by atoms with Crippen molar-refractivity contribution in [2.24, 2.45) is 10.8 Å². The Labute approximate surface area is 187 Å². The van der Waals surface area contributed by atoms with E-state index in [0.29, 0.717) is 5.75 Å². The highest BCUT2D eigenvalue weighted by molar-refractivity contribution is 5.48. The van der Waals surface area contributed by atoms with Crippen molar-refractivity contribution in [3.8, 4) is 11.5 Å². The first-order valence-corrected chi connectivity index (χ1v) is 12.0. The maximum Gasteiger partial charge on any atom is 0.126 e. The summed E-state index contributed by atoms with van der Waals surface area (Å²) in [6.07, 6.45) is 14.8. The molecule has 3 heteroatoms. The molecule has 0 aromatic heterocycles. The highest BCUT2D eigenvalue weighted by atomic mass is 16.5. The molecule has 1 aromatic carbocycles. The Hall–Kier alpha value is -1.74. The highest BCUT2D eigenvalue weighted by Gasteiger charge is 2.64. The van der Waals surface area contributed by atoms with Gasteiger partial charge in [-0.15, -0.1) is 0 Å². The van der Waals surface area contributed by atoms with Gasteiger partial charge < -0.3 is 14.6 Å². The number of phenols is 1. The quantitative estimate of drug-likeness (QED) is 0.532. The van der Waals surface area contributed by atoms with Gasteiger partial charge in [0.2, 0.25) is 0 Å². The Morgan fingerprint density at radius 3 is 2.48 bits per heavy atom. The van der Waals surface area contributed by atoms with Crippen LogP contribution in [-0.4, -0.2) is 21.9 Å². The Bertz CT molecular complexity index is 988. The van der Waals surface area contributed by atoms with Crippen LogP contribution in [0, 0.1) is 17.8 Å². The van der Waals surface area contributed by atoms with Crippen LogP contribution in [0.5, 0.6) is 11.5 Å². The fraction of sp³-hybridized carbons (Fsp3) is 0.643. The molecule has 4 unspecified atom stereocenters. The summed E-state index contributed by atoms with van der Waals surface area (Å²) < 4.78 is 13.5. The van der Waals surface area contributed by atoms with Crippen molar-refractivity contribution < 1.29 is 14.6 Å². The first kappa shape index (κ1) is 21.1. The molecule has 2 aliphatic carbocycles. The number of rotatable bonds is 2. The van der Waals surface area contributed by atoms with E-state index in [4.69, 9.17) is 9.47 Å². The molecule has 1 fully saturated rings. The van der Waals surface area contributed by atoms with Crippen LogP contribution in [0.15, 0.2) is 35.9 Å². The number of aryl methyl sites for hydroxylation is 2. The Balaban J connectivity index is 1.48. The molecule has 3 nitrogen and oxygen atoms in total. The molecular formula is C28H38O3. The van der Waals surface area contributed by atoms with Gasteiger partial charge in [-0.25, -0.2) is 0 Å². The van der Waals surface area contributed by atoms with E-state index in [0.717, 1.165) is 42.6 Å². The van der Waals surface area contributed by atoms with E-state index in [1.165, 1.54) is 24.8 Å². The van der Waals surface area contributed by atoms with Crippen LogP contribution in [0.4, 0.5) is 0 Å². The summed E-state index contributed by atoms with van der Waals surface area (Å²) in [5.74, 6) is 1.30. The fourth-order valence-corrected chi connectivity index (χ4v) is 7.17. The number of aromatic hydroxyl groups is 1. The normalized spacial score (nSPS) is 40.4. The van der Waals surface area contributed by atoms with Gasteiger partial charge in [-0.1, -0.05) is 44.1 Å². The zero-order valence-electron chi connectivity index (χ0n) is 20.1. The van der Waals surface area contributed by atoms with E-state index in [1.807, 2.05) is 19.1 Å². The van der Waals surface area contributed by atoms with Gasteiger partial charge >= 0.3 is 0 Å². The first-order chi connectivity index (χ1) is 14.4. The van der Waals surface area contributed by atoms with Crippen LogP contribution < -0.4 is 4.74 Å². The van der Waals surface area contributed by atoms with Gasteiger partial charge in [0, 0.05) is 18.3 Å². The lowest BCUT2D eigenvalue weighted by molar-refractivity contribution is -0.164. The van der Waals surface area contributed by atoms with Crippen LogP contribution in [0.25, 0.3) is 0 Å². The van der Waals surface area contributed by atoms with Gasteiger partial charge in [0.25, 0.3) is 0 Å². The molecule has 2 aliphatic heterocycles. The van der Waals surface area contributed by atoms with E-state index < -0.39 is 0 Å². The maximum atomic E-state index is 9.98. The lowest BCUT2D eigenvalue weighted by atomic mass is 9.53. The standard InChI is InChI=1S/C28H38O3/c1-19-14-22(29)15-21-8-11-26(5,30-23(19)21)17-20-16-25(4)9-7-10-27(25,6)28(18-20)13-12-24(2,3)31-28/h12-16,29H,7-11,17-18H2,1-6H3. The van der Waals surface area contributed by atoms with E-state index in [9.17, 15) is 5.11 Å². The number of phenolic OH excluding ortho intramolecular Hbond substituents is 1. The van der Waals surface area contributed by atoms with Gasteiger partial charge in [0.1, 0.15) is 17.1 Å². The number of hydrogen-bond acceptors (Lipinski definition) is 3.